The van der Waals surface area contributed by atoms with Crippen molar-refractivity contribution in [3.8, 4) is 0 Å². The zero-order valence-corrected chi connectivity index (χ0v) is 8.06. The third kappa shape index (κ3) is 1.39. The third-order valence-corrected chi connectivity index (χ3v) is 2.00. The van der Waals surface area contributed by atoms with Crippen molar-refractivity contribution in [2.24, 2.45) is 7.05 Å². The Balaban J connectivity index is 2.44. The van der Waals surface area contributed by atoms with Crippen LogP contribution >= 0.6 is 0 Å². The molecule has 4 N–H and O–H groups in total. The maximum atomic E-state index is 4.15. The lowest BCUT2D eigenvalue weighted by Crippen LogP contribution is -2.53. The fourth-order valence-electron chi connectivity index (χ4n) is 1.31. The number of nitrogens with zero attached hydrogens (tertiary/aromatic N) is 4. The smallest absolute Gasteiger partial charge is 0.163 e. The van der Waals surface area contributed by atoms with Crippen LogP contribution in [0.25, 0.3) is 11.0 Å². The molecular formula is C8H13N6+. The molecule has 0 aliphatic heterocycles. The van der Waals surface area contributed by atoms with Gasteiger partial charge in [-0.05, 0) is 0 Å². The summed E-state index contributed by atoms with van der Waals surface area (Å²) in [5.74, 6) is 0.826. The Kier molecular flexibility index (Phi) is 2.28. The van der Waals surface area contributed by atoms with E-state index in [0.717, 1.165) is 29.9 Å². The number of aromatic nitrogens is 4. The van der Waals surface area contributed by atoms with Gasteiger partial charge in [0.25, 0.3) is 0 Å². The first kappa shape index (κ1) is 8.89. The number of anilines is 1. The maximum Gasteiger partial charge on any atom is 0.163 e. The fraction of sp³-hybridized carbons (Fsp3) is 0.375. The molecule has 0 unspecified atom stereocenters. The van der Waals surface area contributed by atoms with E-state index in [-0.39, 0.29) is 0 Å². The number of quaternary nitrogens is 1. The van der Waals surface area contributed by atoms with Gasteiger partial charge in [-0.2, -0.15) is 5.10 Å². The van der Waals surface area contributed by atoms with E-state index in [2.05, 4.69) is 26.1 Å². The topological polar surface area (TPSA) is 83.3 Å². The van der Waals surface area contributed by atoms with Crippen molar-refractivity contribution in [3.63, 3.8) is 0 Å². The molecule has 0 atom stereocenters. The summed E-state index contributed by atoms with van der Waals surface area (Å²) in [4.78, 5) is 8.30. The summed E-state index contributed by atoms with van der Waals surface area (Å²) >= 11 is 0. The summed E-state index contributed by atoms with van der Waals surface area (Å²) in [5.41, 5.74) is 4.60. The third-order valence-electron chi connectivity index (χ3n) is 2.00. The van der Waals surface area contributed by atoms with E-state index in [9.17, 15) is 0 Å². The van der Waals surface area contributed by atoms with Crippen LogP contribution in [0, 0.1) is 0 Å². The molecule has 0 fully saturated rings. The molecule has 0 bridgehead atoms. The van der Waals surface area contributed by atoms with Gasteiger partial charge in [0.1, 0.15) is 12.1 Å². The van der Waals surface area contributed by atoms with E-state index in [1.165, 1.54) is 6.33 Å². The van der Waals surface area contributed by atoms with Crippen molar-refractivity contribution in [2.45, 2.75) is 0 Å². The SMILES string of the molecule is Cn1ncc2c(NCC[NH3+])ncnc21. The second-order valence-corrected chi connectivity index (χ2v) is 3.01. The predicted octanol–water partition coefficient (Wildman–Crippen LogP) is -0.983. The molecule has 6 heteroatoms. The minimum absolute atomic E-state index is 0.807. The lowest BCUT2D eigenvalue weighted by atomic mass is 10.4. The van der Waals surface area contributed by atoms with Crippen molar-refractivity contribution in [3.05, 3.63) is 12.5 Å². The van der Waals surface area contributed by atoms with Crippen molar-refractivity contribution < 1.29 is 5.73 Å². The van der Waals surface area contributed by atoms with E-state index in [0.29, 0.717) is 0 Å². The molecule has 0 aliphatic rings. The Morgan fingerprint density at radius 1 is 1.50 bits per heavy atom. The van der Waals surface area contributed by atoms with Crippen LogP contribution in [-0.4, -0.2) is 32.8 Å². The molecule has 2 aromatic rings. The van der Waals surface area contributed by atoms with Crippen molar-refractivity contribution in [2.75, 3.05) is 18.4 Å². The largest absolute Gasteiger partial charge is 0.364 e. The predicted molar refractivity (Wildman–Crippen MR) is 52.5 cm³/mol. The average Bonchev–Trinajstić information content (AvgIpc) is 2.58. The molecule has 0 aliphatic carbocycles. The van der Waals surface area contributed by atoms with Gasteiger partial charge in [-0.1, -0.05) is 0 Å². The van der Waals surface area contributed by atoms with Gasteiger partial charge in [0.2, 0.25) is 0 Å². The van der Waals surface area contributed by atoms with E-state index >= 15 is 0 Å². The van der Waals surface area contributed by atoms with E-state index < -0.39 is 0 Å². The number of aryl methyl sites for hydroxylation is 1. The first-order chi connectivity index (χ1) is 6.83. The molecule has 0 amide bonds. The standard InChI is InChI=1S/C8H12N6/c1-14-8-6(4-13-14)7(10-3-2-9)11-5-12-8/h4-5H,2-3,9H2,1H3,(H,10,11,12)/p+1. The quantitative estimate of drug-likeness (QED) is 0.656. The summed E-state index contributed by atoms with van der Waals surface area (Å²) in [6.45, 7) is 1.63. The fourth-order valence-corrected chi connectivity index (χ4v) is 1.31. The lowest BCUT2D eigenvalue weighted by Gasteiger charge is -2.02. The Bertz CT molecular complexity index is 434. The average molecular weight is 193 g/mol. The van der Waals surface area contributed by atoms with Crippen LogP contribution in [0.4, 0.5) is 5.82 Å². The van der Waals surface area contributed by atoms with E-state index in [1.54, 1.807) is 10.9 Å². The second kappa shape index (κ2) is 3.59. The van der Waals surface area contributed by atoms with Crippen LogP contribution in [0.5, 0.6) is 0 Å². The van der Waals surface area contributed by atoms with Crippen molar-refractivity contribution in [1.29, 1.82) is 0 Å². The molecule has 0 saturated heterocycles. The number of rotatable bonds is 3. The minimum atomic E-state index is 0.807. The number of fused-ring (bicyclic) bond motifs is 1. The van der Waals surface area contributed by atoms with Gasteiger partial charge in [0, 0.05) is 7.05 Å². The molecule has 2 rings (SSSR count). The van der Waals surface area contributed by atoms with Gasteiger partial charge in [0.05, 0.1) is 24.7 Å². The zero-order valence-electron chi connectivity index (χ0n) is 8.06. The van der Waals surface area contributed by atoms with Crippen LogP contribution < -0.4 is 11.1 Å². The number of hydrogen-bond donors (Lipinski definition) is 2. The molecule has 14 heavy (non-hydrogen) atoms. The van der Waals surface area contributed by atoms with Crippen LogP contribution in [-0.2, 0) is 7.05 Å². The molecule has 2 aromatic heterocycles. The van der Waals surface area contributed by atoms with Gasteiger partial charge >= 0.3 is 0 Å². The molecule has 6 nitrogen and oxygen atoms in total. The Morgan fingerprint density at radius 3 is 3.14 bits per heavy atom. The van der Waals surface area contributed by atoms with E-state index in [4.69, 9.17) is 0 Å². The molecule has 0 aromatic carbocycles. The van der Waals surface area contributed by atoms with Gasteiger partial charge in [-0.3, -0.25) is 4.68 Å². The van der Waals surface area contributed by atoms with Crippen LogP contribution in [0.3, 0.4) is 0 Å². The highest BCUT2D eigenvalue weighted by molar-refractivity contribution is 5.85. The van der Waals surface area contributed by atoms with Gasteiger partial charge in [-0.15, -0.1) is 0 Å². The Labute approximate surface area is 81.1 Å². The number of hydrogen-bond acceptors (Lipinski definition) is 4. The second-order valence-electron chi connectivity index (χ2n) is 3.01. The highest BCUT2D eigenvalue weighted by Crippen LogP contribution is 2.16. The van der Waals surface area contributed by atoms with Gasteiger partial charge in [0.15, 0.2) is 5.65 Å². The minimum Gasteiger partial charge on any atom is -0.364 e. The van der Waals surface area contributed by atoms with Crippen molar-refractivity contribution >= 4 is 16.9 Å². The zero-order chi connectivity index (χ0) is 9.97. The van der Waals surface area contributed by atoms with Crippen LogP contribution in [0.15, 0.2) is 12.5 Å². The number of nitrogens with one attached hydrogen (secondary N) is 1. The maximum absolute atomic E-state index is 4.15. The molecule has 0 saturated carbocycles. The summed E-state index contributed by atoms with van der Waals surface area (Å²) in [6.07, 6.45) is 3.30. The lowest BCUT2D eigenvalue weighted by molar-refractivity contribution is -0.362. The summed E-state index contributed by atoms with van der Waals surface area (Å²) in [5, 5.41) is 8.25. The molecule has 0 radical (unpaired) electrons. The van der Waals surface area contributed by atoms with Crippen LogP contribution in [0.1, 0.15) is 0 Å². The highest BCUT2D eigenvalue weighted by Gasteiger charge is 2.06. The highest BCUT2D eigenvalue weighted by atomic mass is 15.3. The van der Waals surface area contributed by atoms with E-state index in [1.807, 2.05) is 7.05 Å². The summed E-state index contributed by atoms with van der Waals surface area (Å²) < 4.78 is 1.73. The molecule has 0 spiro atoms. The molecule has 2 heterocycles. The van der Waals surface area contributed by atoms with Gasteiger partial charge in [-0.25, -0.2) is 9.97 Å². The Morgan fingerprint density at radius 2 is 2.36 bits per heavy atom. The first-order valence-electron chi connectivity index (χ1n) is 4.48. The van der Waals surface area contributed by atoms with Crippen LogP contribution in [0.2, 0.25) is 0 Å². The van der Waals surface area contributed by atoms with Gasteiger partial charge < -0.3 is 11.1 Å². The Hall–Kier alpha value is -1.69. The molecule has 74 valence electrons. The first-order valence-corrected chi connectivity index (χ1v) is 4.48. The monoisotopic (exact) mass is 193 g/mol. The normalized spacial score (nSPS) is 10.7. The summed E-state index contributed by atoms with van der Waals surface area (Å²) in [6, 6.07) is 0. The van der Waals surface area contributed by atoms with Crippen molar-refractivity contribution in [1.82, 2.24) is 19.7 Å². The summed E-state index contributed by atoms with van der Waals surface area (Å²) in [7, 11) is 1.86. The molecular weight excluding hydrogens is 180 g/mol.